The molecule has 10 nitrogen and oxygen atoms in total. The van der Waals surface area contributed by atoms with E-state index in [4.69, 9.17) is 0 Å². The molecule has 2 N–H and O–H groups in total. The first-order valence-corrected chi connectivity index (χ1v) is 9.44. The first-order chi connectivity index (χ1) is 14.3. The Morgan fingerprint density at radius 1 is 0.667 bits per heavy atom. The molecule has 156 valence electrons. The molecular weight excluding hydrogens is 392 g/mol. The van der Waals surface area contributed by atoms with Gasteiger partial charge in [0.2, 0.25) is 0 Å². The van der Waals surface area contributed by atoms with Crippen LogP contribution in [0.4, 0.5) is 11.4 Å². The van der Waals surface area contributed by atoms with Gasteiger partial charge in [-0.3, -0.25) is 29.8 Å². The zero-order valence-corrected chi connectivity index (χ0v) is 15.9. The summed E-state index contributed by atoms with van der Waals surface area (Å²) >= 11 is 0. The van der Waals surface area contributed by atoms with E-state index in [0.29, 0.717) is 36.8 Å². The predicted octanol–water partition coefficient (Wildman–Crippen LogP) is 2.97. The van der Waals surface area contributed by atoms with Crippen molar-refractivity contribution in [2.75, 3.05) is 0 Å². The Kier molecular flexibility index (Phi) is 6.35. The molecule has 0 saturated heterocycles. The zero-order chi connectivity index (χ0) is 21.7. The fourth-order valence-corrected chi connectivity index (χ4v) is 3.39. The summed E-state index contributed by atoms with van der Waals surface area (Å²) in [7, 11) is 0. The van der Waals surface area contributed by atoms with E-state index in [0.717, 1.165) is 0 Å². The Hall–Kier alpha value is -3.82. The maximum Gasteiger partial charge on any atom is 0.269 e. The van der Waals surface area contributed by atoms with Crippen LogP contribution in [0.5, 0.6) is 0 Å². The van der Waals surface area contributed by atoms with Crippen molar-refractivity contribution in [2.45, 2.75) is 37.8 Å². The summed E-state index contributed by atoms with van der Waals surface area (Å²) in [5.74, 6) is -0.577. The molecule has 0 aliphatic heterocycles. The smallest absolute Gasteiger partial charge is 0.269 e. The average molecular weight is 412 g/mol. The lowest BCUT2D eigenvalue weighted by Crippen LogP contribution is -2.43. The van der Waals surface area contributed by atoms with Crippen LogP contribution in [0.25, 0.3) is 0 Å². The molecule has 1 saturated carbocycles. The molecular formula is C20H20N4O6. The Balaban J connectivity index is 1.47. The minimum atomic E-state index is -0.520. The van der Waals surface area contributed by atoms with Gasteiger partial charge in [-0.1, -0.05) is 0 Å². The highest BCUT2D eigenvalue weighted by atomic mass is 16.6. The largest absolute Gasteiger partial charge is 0.349 e. The number of carbonyl (C=O) groups excluding carboxylic acids is 2. The summed E-state index contributed by atoms with van der Waals surface area (Å²) in [6.45, 7) is 0. The molecule has 0 bridgehead atoms. The lowest BCUT2D eigenvalue weighted by molar-refractivity contribution is -0.385. The van der Waals surface area contributed by atoms with Gasteiger partial charge in [-0.05, 0) is 49.9 Å². The molecule has 0 aromatic heterocycles. The molecule has 1 fully saturated rings. The van der Waals surface area contributed by atoms with Crippen molar-refractivity contribution in [1.29, 1.82) is 0 Å². The van der Waals surface area contributed by atoms with Crippen molar-refractivity contribution in [3.63, 3.8) is 0 Å². The molecule has 2 aromatic rings. The minimum Gasteiger partial charge on any atom is -0.349 e. The van der Waals surface area contributed by atoms with Gasteiger partial charge >= 0.3 is 0 Å². The Morgan fingerprint density at radius 2 is 0.967 bits per heavy atom. The molecule has 3 rings (SSSR count). The van der Waals surface area contributed by atoms with Gasteiger partial charge in [0.1, 0.15) is 0 Å². The third-order valence-electron chi connectivity index (χ3n) is 5.08. The number of amides is 2. The van der Waals surface area contributed by atoms with Crippen LogP contribution in [0.15, 0.2) is 48.5 Å². The van der Waals surface area contributed by atoms with Crippen molar-refractivity contribution in [3.8, 4) is 0 Å². The van der Waals surface area contributed by atoms with Crippen LogP contribution in [0.1, 0.15) is 46.4 Å². The fraction of sp³-hybridized carbons (Fsp3) is 0.300. The van der Waals surface area contributed by atoms with E-state index < -0.39 is 9.85 Å². The standard InChI is InChI=1S/C20H20N4O6/c25-19(13-1-9-17(10-2-13)23(27)28)21-15-5-7-16(8-6-15)22-20(26)14-3-11-18(12-4-14)24(29)30/h1-4,9-12,15-16H,5-8H2,(H,21,25)(H,22,26). The van der Waals surface area contributed by atoms with Crippen molar-refractivity contribution in [2.24, 2.45) is 0 Å². The average Bonchev–Trinajstić information content (AvgIpc) is 2.75. The highest BCUT2D eigenvalue weighted by Gasteiger charge is 2.24. The van der Waals surface area contributed by atoms with Gasteiger partial charge in [-0.25, -0.2) is 0 Å². The molecule has 0 radical (unpaired) electrons. The lowest BCUT2D eigenvalue weighted by atomic mass is 9.90. The second-order valence-corrected chi connectivity index (χ2v) is 7.10. The van der Waals surface area contributed by atoms with Crippen LogP contribution >= 0.6 is 0 Å². The molecule has 0 unspecified atom stereocenters. The summed E-state index contributed by atoms with van der Waals surface area (Å²) in [5, 5.41) is 27.2. The van der Waals surface area contributed by atoms with Crippen LogP contribution in [0.3, 0.4) is 0 Å². The maximum atomic E-state index is 12.3. The second kappa shape index (κ2) is 9.12. The third-order valence-corrected chi connectivity index (χ3v) is 5.08. The quantitative estimate of drug-likeness (QED) is 0.551. The van der Waals surface area contributed by atoms with Crippen LogP contribution in [0, 0.1) is 20.2 Å². The molecule has 0 atom stereocenters. The molecule has 30 heavy (non-hydrogen) atoms. The van der Waals surface area contributed by atoms with E-state index in [9.17, 15) is 29.8 Å². The Bertz CT molecular complexity index is 871. The fourth-order valence-electron chi connectivity index (χ4n) is 3.39. The topological polar surface area (TPSA) is 144 Å². The van der Waals surface area contributed by atoms with Crippen molar-refractivity contribution in [1.82, 2.24) is 10.6 Å². The number of nitrogens with zero attached hydrogens (tertiary/aromatic N) is 2. The van der Waals surface area contributed by atoms with E-state index in [-0.39, 0.29) is 35.3 Å². The summed E-state index contributed by atoms with van der Waals surface area (Å²) < 4.78 is 0. The van der Waals surface area contributed by atoms with Crippen molar-refractivity contribution in [3.05, 3.63) is 79.9 Å². The van der Waals surface area contributed by atoms with E-state index >= 15 is 0 Å². The summed E-state index contributed by atoms with van der Waals surface area (Å²) in [4.78, 5) is 45.0. The van der Waals surface area contributed by atoms with E-state index in [1.54, 1.807) is 0 Å². The number of nitro benzene ring substituents is 2. The molecule has 2 amide bonds. The number of hydrogen-bond acceptors (Lipinski definition) is 6. The van der Waals surface area contributed by atoms with E-state index in [2.05, 4.69) is 10.6 Å². The van der Waals surface area contributed by atoms with Gasteiger partial charge < -0.3 is 10.6 Å². The number of carbonyl (C=O) groups is 2. The van der Waals surface area contributed by atoms with Gasteiger partial charge in [-0.2, -0.15) is 0 Å². The van der Waals surface area contributed by atoms with E-state index in [1.165, 1.54) is 48.5 Å². The number of rotatable bonds is 6. The van der Waals surface area contributed by atoms with Gasteiger partial charge in [-0.15, -0.1) is 0 Å². The van der Waals surface area contributed by atoms with Crippen LogP contribution in [0.2, 0.25) is 0 Å². The first-order valence-electron chi connectivity index (χ1n) is 9.44. The Labute approximate surface area is 171 Å². The van der Waals surface area contributed by atoms with Gasteiger partial charge in [0, 0.05) is 47.5 Å². The molecule has 1 aliphatic carbocycles. The molecule has 2 aromatic carbocycles. The number of hydrogen-bond donors (Lipinski definition) is 2. The maximum absolute atomic E-state index is 12.3. The number of benzene rings is 2. The van der Waals surface area contributed by atoms with Crippen molar-refractivity contribution >= 4 is 23.2 Å². The monoisotopic (exact) mass is 412 g/mol. The minimum absolute atomic E-state index is 0.0415. The molecule has 10 heteroatoms. The molecule has 0 spiro atoms. The number of nitrogens with one attached hydrogen (secondary N) is 2. The normalized spacial score (nSPS) is 18.3. The van der Waals surface area contributed by atoms with Gasteiger partial charge in [0.05, 0.1) is 9.85 Å². The lowest BCUT2D eigenvalue weighted by Gasteiger charge is -2.29. The zero-order valence-electron chi connectivity index (χ0n) is 15.9. The highest BCUT2D eigenvalue weighted by molar-refractivity contribution is 5.95. The summed E-state index contributed by atoms with van der Waals surface area (Å²) in [6.07, 6.45) is 2.74. The predicted molar refractivity (Wildman–Crippen MR) is 107 cm³/mol. The SMILES string of the molecule is O=C(NC1CCC(NC(=O)c2ccc([N+](=O)[O-])cc2)CC1)c1ccc([N+](=O)[O-])cc1. The first kappa shape index (κ1) is 20.9. The summed E-state index contributed by atoms with van der Waals surface area (Å²) in [6, 6.07) is 10.8. The van der Waals surface area contributed by atoms with Crippen LogP contribution in [-0.4, -0.2) is 33.7 Å². The molecule has 1 aliphatic rings. The van der Waals surface area contributed by atoms with Gasteiger partial charge in [0.15, 0.2) is 0 Å². The number of non-ortho nitro benzene ring substituents is 2. The summed E-state index contributed by atoms with van der Waals surface area (Å²) in [5.41, 5.74) is 0.565. The Morgan fingerprint density at radius 3 is 1.23 bits per heavy atom. The number of nitro groups is 2. The highest BCUT2D eigenvalue weighted by Crippen LogP contribution is 2.20. The van der Waals surface area contributed by atoms with Gasteiger partial charge in [0.25, 0.3) is 23.2 Å². The second-order valence-electron chi connectivity index (χ2n) is 7.10. The van der Waals surface area contributed by atoms with Crippen LogP contribution in [-0.2, 0) is 0 Å². The molecule has 0 heterocycles. The third kappa shape index (κ3) is 5.16. The van der Waals surface area contributed by atoms with Crippen LogP contribution < -0.4 is 10.6 Å². The van der Waals surface area contributed by atoms with Crippen molar-refractivity contribution < 1.29 is 19.4 Å². The van der Waals surface area contributed by atoms with E-state index in [1.807, 2.05) is 0 Å².